The molecule has 15 heavy (non-hydrogen) atoms. The first-order chi connectivity index (χ1) is 7.15. The molecular weight excluding hydrogens is 190 g/mol. The molecule has 0 fully saturated rings. The summed E-state index contributed by atoms with van der Waals surface area (Å²) >= 11 is 0. The van der Waals surface area contributed by atoms with Crippen molar-refractivity contribution in [3.8, 4) is 0 Å². The number of carbonyl (C=O) groups excluding carboxylic acids is 1. The lowest BCUT2D eigenvalue weighted by atomic mass is 10.3. The molecular formula is C11H19N3O. The van der Waals surface area contributed by atoms with Crippen LogP contribution in [0.2, 0.25) is 0 Å². The number of amides is 1. The molecule has 0 atom stereocenters. The SMILES string of the molecule is CCCc1nccn1CCC(=O)N(C)C. The Morgan fingerprint density at radius 3 is 2.87 bits per heavy atom. The van der Waals surface area contributed by atoms with Crippen LogP contribution in [0.4, 0.5) is 0 Å². The van der Waals surface area contributed by atoms with E-state index in [-0.39, 0.29) is 5.91 Å². The van der Waals surface area contributed by atoms with E-state index in [1.807, 2.05) is 6.20 Å². The van der Waals surface area contributed by atoms with Gasteiger partial charge >= 0.3 is 0 Å². The molecule has 1 aromatic heterocycles. The Balaban J connectivity index is 2.50. The number of carbonyl (C=O) groups is 1. The molecule has 0 bridgehead atoms. The predicted molar refractivity (Wildman–Crippen MR) is 59.5 cm³/mol. The van der Waals surface area contributed by atoms with E-state index in [4.69, 9.17) is 0 Å². The van der Waals surface area contributed by atoms with Gasteiger partial charge < -0.3 is 9.47 Å². The van der Waals surface area contributed by atoms with Crippen molar-refractivity contribution < 1.29 is 4.79 Å². The molecule has 1 heterocycles. The van der Waals surface area contributed by atoms with Gasteiger partial charge in [0.1, 0.15) is 5.82 Å². The van der Waals surface area contributed by atoms with Crippen molar-refractivity contribution in [2.45, 2.75) is 32.7 Å². The average molecular weight is 209 g/mol. The Labute approximate surface area is 90.9 Å². The molecule has 0 aliphatic rings. The van der Waals surface area contributed by atoms with E-state index >= 15 is 0 Å². The Morgan fingerprint density at radius 1 is 1.53 bits per heavy atom. The zero-order valence-corrected chi connectivity index (χ0v) is 9.73. The summed E-state index contributed by atoms with van der Waals surface area (Å²) in [6, 6.07) is 0. The third-order valence-corrected chi connectivity index (χ3v) is 2.34. The molecule has 1 rings (SSSR count). The van der Waals surface area contributed by atoms with E-state index in [9.17, 15) is 4.79 Å². The Bertz CT molecular complexity index is 317. The van der Waals surface area contributed by atoms with Crippen LogP contribution in [0.25, 0.3) is 0 Å². The van der Waals surface area contributed by atoms with Crippen molar-refractivity contribution in [3.05, 3.63) is 18.2 Å². The van der Waals surface area contributed by atoms with Crippen molar-refractivity contribution in [1.82, 2.24) is 14.5 Å². The first-order valence-corrected chi connectivity index (χ1v) is 5.35. The second-order valence-electron chi connectivity index (χ2n) is 3.83. The number of nitrogens with zero attached hydrogens (tertiary/aromatic N) is 3. The summed E-state index contributed by atoms with van der Waals surface area (Å²) in [5, 5.41) is 0. The fourth-order valence-corrected chi connectivity index (χ4v) is 1.44. The highest BCUT2D eigenvalue weighted by atomic mass is 16.2. The number of aromatic nitrogens is 2. The highest BCUT2D eigenvalue weighted by Gasteiger charge is 2.06. The van der Waals surface area contributed by atoms with Crippen LogP contribution in [0, 0.1) is 0 Å². The normalized spacial score (nSPS) is 10.3. The third kappa shape index (κ3) is 3.38. The van der Waals surface area contributed by atoms with Crippen LogP contribution in [0.3, 0.4) is 0 Å². The van der Waals surface area contributed by atoms with E-state index in [2.05, 4.69) is 16.5 Å². The van der Waals surface area contributed by atoms with Gasteiger partial charge in [0.05, 0.1) is 0 Å². The number of rotatable bonds is 5. The van der Waals surface area contributed by atoms with Crippen LogP contribution >= 0.6 is 0 Å². The Hall–Kier alpha value is -1.32. The van der Waals surface area contributed by atoms with E-state index in [1.54, 1.807) is 25.2 Å². The van der Waals surface area contributed by atoms with Gasteiger partial charge in [-0.2, -0.15) is 0 Å². The minimum Gasteiger partial charge on any atom is -0.349 e. The summed E-state index contributed by atoms with van der Waals surface area (Å²) < 4.78 is 2.06. The molecule has 4 heteroatoms. The Kier molecular flexibility index (Phi) is 4.34. The van der Waals surface area contributed by atoms with Crippen molar-refractivity contribution >= 4 is 5.91 Å². The minimum atomic E-state index is 0.158. The summed E-state index contributed by atoms with van der Waals surface area (Å²) in [6.07, 6.45) is 6.33. The lowest BCUT2D eigenvalue weighted by Crippen LogP contribution is -2.23. The molecule has 0 aromatic carbocycles. The van der Waals surface area contributed by atoms with Crippen molar-refractivity contribution in [2.24, 2.45) is 0 Å². The summed E-state index contributed by atoms with van der Waals surface area (Å²) in [7, 11) is 3.56. The fraction of sp³-hybridized carbons (Fsp3) is 0.636. The van der Waals surface area contributed by atoms with Gasteiger partial charge in [-0.1, -0.05) is 6.92 Å². The van der Waals surface area contributed by atoms with Crippen LogP contribution in [0.15, 0.2) is 12.4 Å². The Morgan fingerprint density at radius 2 is 2.27 bits per heavy atom. The predicted octanol–water partition coefficient (Wildman–Crippen LogP) is 1.31. The molecule has 84 valence electrons. The van der Waals surface area contributed by atoms with E-state index in [0.717, 1.165) is 25.2 Å². The molecule has 0 aliphatic carbocycles. The molecule has 0 unspecified atom stereocenters. The summed E-state index contributed by atoms with van der Waals surface area (Å²) in [5.41, 5.74) is 0. The molecule has 0 N–H and O–H groups in total. The van der Waals surface area contributed by atoms with Gasteiger partial charge in [0, 0.05) is 45.9 Å². The van der Waals surface area contributed by atoms with Crippen LogP contribution in [-0.4, -0.2) is 34.5 Å². The maximum atomic E-state index is 11.4. The van der Waals surface area contributed by atoms with Crippen LogP contribution in [-0.2, 0) is 17.8 Å². The van der Waals surface area contributed by atoms with Gasteiger partial charge in [-0.3, -0.25) is 4.79 Å². The van der Waals surface area contributed by atoms with Crippen molar-refractivity contribution in [1.29, 1.82) is 0 Å². The largest absolute Gasteiger partial charge is 0.349 e. The molecule has 0 spiro atoms. The van der Waals surface area contributed by atoms with Gasteiger partial charge in [-0.05, 0) is 6.42 Å². The smallest absolute Gasteiger partial charge is 0.223 e. The second kappa shape index (κ2) is 5.53. The van der Waals surface area contributed by atoms with Crippen molar-refractivity contribution in [3.63, 3.8) is 0 Å². The molecule has 1 amide bonds. The summed E-state index contributed by atoms with van der Waals surface area (Å²) in [5.74, 6) is 1.23. The topological polar surface area (TPSA) is 38.1 Å². The van der Waals surface area contributed by atoms with Crippen LogP contribution in [0.5, 0.6) is 0 Å². The lowest BCUT2D eigenvalue weighted by Gasteiger charge is -2.11. The lowest BCUT2D eigenvalue weighted by molar-refractivity contribution is -0.128. The van der Waals surface area contributed by atoms with Gasteiger partial charge in [0.15, 0.2) is 0 Å². The second-order valence-corrected chi connectivity index (χ2v) is 3.83. The zero-order chi connectivity index (χ0) is 11.3. The minimum absolute atomic E-state index is 0.158. The van der Waals surface area contributed by atoms with Gasteiger partial charge in [0.25, 0.3) is 0 Å². The average Bonchev–Trinajstić information content (AvgIpc) is 2.62. The van der Waals surface area contributed by atoms with Gasteiger partial charge in [0.2, 0.25) is 5.91 Å². The maximum absolute atomic E-state index is 11.4. The van der Waals surface area contributed by atoms with Crippen LogP contribution in [0.1, 0.15) is 25.6 Å². The van der Waals surface area contributed by atoms with E-state index < -0.39 is 0 Å². The first kappa shape index (κ1) is 11.8. The monoisotopic (exact) mass is 209 g/mol. The standard InChI is InChI=1S/C11H19N3O/c1-4-5-10-12-7-9-14(10)8-6-11(15)13(2)3/h7,9H,4-6,8H2,1-3H3. The van der Waals surface area contributed by atoms with Crippen molar-refractivity contribution in [2.75, 3.05) is 14.1 Å². The molecule has 0 saturated heterocycles. The number of hydrogen-bond donors (Lipinski definition) is 0. The van der Waals surface area contributed by atoms with Crippen LogP contribution < -0.4 is 0 Å². The quantitative estimate of drug-likeness (QED) is 0.733. The molecule has 4 nitrogen and oxygen atoms in total. The number of hydrogen-bond acceptors (Lipinski definition) is 2. The fourth-order valence-electron chi connectivity index (χ4n) is 1.44. The summed E-state index contributed by atoms with van der Waals surface area (Å²) in [4.78, 5) is 17.3. The van der Waals surface area contributed by atoms with E-state index in [0.29, 0.717) is 6.42 Å². The molecule has 0 saturated carbocycles. The highest BCUT2D eigenvalue weighted by molar-refractivity contribution is 5.75. The molecule has 1 aromatic rings. The molecule has 0 radical (unpaired) electrons. The number of imidazole rings is 1. The van der Waals surface area contributed by atoms with Gasteiger partial charge in [-0.15, -0.1) is 0 Å². The van der Waals surface area contributed by atoms with E-state index in [1.165, 1.54) is 0 Å². The zero-order valence-electron chi connectivity index (χ0n) is 9.73. The highest BCUT2D eigenvalue weighted by Crippen LogP contribution is 2.03. The first-order valence-electron chi connectivity index (χ1n) is 5.35. The maximum Gasteiger partial charge on any atom is 0.223 e. The number of aryl methyl sites for hydroxylation is 2. The van der Waals surface area contributed by atoms with Gasteiger partial charge in [-0.25, -0.2) is 4.98 Å². The summed E-state index contributed by atoms with van der Waals surface area (Å²) in [6.45, 7) is 2.86. The molecule has 0 aliphatic heterocycles. The third-order valence-electron chi connectivity index (χ3n) is 2.34.